The Bertz CT molecular complexity index is 1060. The zero-order valence-electron chi connectivity index (χ0n) is 13.3. The summed E-state index contributed by atoms with van der Waals surface area (Å²) < 4.78 is 6.10. The molecule has 6 heteroatoms. The first kappa shape index (κ1) is 14.9. The van der Waals surface area contributed by atoms with Gasteiger partial charge in [-0.25, -0.2) is 15.0 Å². The Hall–Kier alpha value is -3.67. The van der Waals surface area contributed by atoms with Gasteiger partial charge in [0.15, 0.2) is 0 Å². The number of benzene rings is 2. The Morgan fingerprint density at radius 2 is 1.60 bits per heavy atom. The number of nitrogens with two attached hydrogens (primary N) is 2. The minimum Gasteiger partial charge on any atom is -0.438 e. The summed E-state index contributed by atoms with van der Waals surface area (Å²) >= 11 is 0. The van der Waals surface area contributed by atoms with E-state index in [-0.39, 0.29) is 5.95 Å². The predicted octanol–water partition coefficient (Wildman–Crippen LogP) is 3.65. The highest BCUT2D eigenvalue weighted by Crippen LogP contribution is 2.35. The quantitative estimate of drug-likeness (QED) is 0.557. The molecule has 6 nitrogen and oxygen atoms in total. The van der Waals surface area contributed by atoms with Crippen LogP contribution in [0.3, 0.4) is 0 Å². The van der Waals surface area contributed by atoms with E-state index in [1.807, 2.05) is 48.5 Å². The molecule has 0 aliphatic rings. The van der Waals surface area contributed by atoms with Gasteiger partial charge in [-0.15, -0.1) is 0 Å². The van der Waals surface area contributed by atoms with Crippen molar-refractivity contribution >= 4 is 22.4 Å². The van der Waals surface area contributed by atoms with Crippen LogP contribution in [0.2, 0.25) is 0 Å². The SMILES string of the molecule is Nc1nccc(-c2cccnc2Oc2ccc(N)c3ccccc23)n1. The number of aromatic nitrogens is 3. The summed E-state index contributed by atoms with van der Waals surface area (Å²) in [6, 6.07) is 16.9. The number of anilines is 2. The fourth-order valence-electron chi connectivity index (χ4n) is 2.68. The monoisotopic (exact) mass is 329 g/mol. The van der Waals surface area contributed by atoms with Crippen molar-refractivity contribution in [3.05, 3.63) is 67.0 Å². The van der Waals surface area contributed by atoms with E-state index >= 15 is 0 Å². The summed E-state index contributed by atoms with van der Waals surface area (Å²) in [5.74, 6) is 1.31. The molecule has 0 fully saturated rings. The Morgan fingerprint density at radius 1 is 0.760 bits per heavy atom. The molecule has 0 atom stereocenters. The number of nitrogens with zero attached hydrogens (tertiary/aromatic N) is 3. The molecule has 0 saturated carbocycles. The van der Waals surface area contributed by atoms with Crippen molar-refractivity contribution in [2.24, 2.45) is 0 Å². The second-order valence-corrected chi connectivity index (χ2v) is 5.46. The van der Waals surface area contributed by atoms with Gasteiger partial charge >= 0.3 is 0 Å². The first-order chi connectivity index (χ1) is 12.2. The van der Waals surface area contributed by atoms with Crippen LogP contribution in [-0.2, 0) is 0 Å². The summed E-state index contributed by atoms with van der Waals surface area (Å²) in [6.45, 7) is 0. The van der Waals surface area contributed by atoms with Crippen molar-refractivity contribution in [2.75, 3.05) is 11.5 Å². The minimum absolute atomic E-state index is 0.199. The molecule has 0 spiro atoms. The highest BCUT2D eigenvalue weighted by atomic mass is 16.5. The van der Waals surface area contributed by atoms with E-state index in [9.17, 15) is 0 Å². The molecule has 0 bridgehead atoms. The molecule has 0 saturated heterocycles. The number of ether oxygens (including phenoxy) is 1. The van der Waals surface area contributed by atoms with Gasteiger partial charge in [0.2, 0.25) is 11.8 Å². The van der Waals surface area contributed by atoms with Crippen LogP contribution in [0.25, 0.3) is 22.0 Å². The molecule has 4 N–H and O–H groups in total. The molecule has 2 heterocycles. The van der Waals surface area contributed by atoms with Gasteiger partial charge in [-0.2, -0.15) is 0 Å². The van der Waals surface area contributed by atoms with Crippen LogP contribution < -0.4 is 16.2 Å². The topological polar surface area (TPSA) is 99.9 Å². The van der Waals surface area contributed by atoms with Crippen molar-refractivity contribution in [3.63, 3.8) is 0 Å². The number of nitrogen functional groups attached to an aromatic ring is 2. The van der Waals surface area contributed by atoms with Gasteiger partial charge < -0.3 is 16.2 Å². The van der Waals surface area contributed by atoms with Gasteiger partial charge in [-0.3, -0.25) is 0 Å². The van der Waals surface area contributed by atoms with Gasteiger partial charge in [0.05, 0.1) is 11.3 Å². The Labute approximate surface area is 144 Å². The molecule has 4 rings (SSSR count). The van der Waals surface area contributed by atoms with Crippen LogP contribution in [0.5, 0.6) is 11.6 Å². The van der Waals surface area contributed by atoms with Crippen LogP contribution in [0, 0.1) is 0 Å². The lowest BCUT2D eigenvalue weighted by atomic mass is 10.1. The maximum Gasteiger partial charge on any atom is 0.228 e. The third-order valence-corrected chi connectivity index (χ3v) is 3.85. The largest absolute Gasteiger partial charge is 0.438 e. The number of pyridine rings is 1. The molecule has 2 aromatic carbocycles. The average molecular weight is 329 g/mol. The van der Waals surface area contributed by atoms with Gasteiger partial charge in [0.25, 0.3) is 0 Å². The molecular weight excluding hydrogens is 314 g/mol. The fraction of sp³-hybridized carbons (Fsp3) is 0. The first-order valence-electron chi connectivity index (χ1n) is 7.71. The van der Waals surface area contributed by atoms with E-state index in [2.05, 4.69) is 15.0 Å². The lowest BCUT2D eigenvalue weighted by Gasteiger charge is -2.12. The van der Waals surface area contributed by atoms with Crippen molar-refractivity contribution in [1.29, 1.82) is 0 Å². The maximum absolute atomic E-state index is 6.10. The van der Waals surface area contributed by atoms with Crippen LogP contribution in [0.15, 0.2) is 67.0 Å². The molecule has 0 radical (unpaired) electrons. The standard InChI is InChI=1S/C19H15N5O/c20-15-7-8-17(13-5-2-1-4-12(13)15)25-18-14(6-3-10-22-18)16-9-11-23-19(21)24-16/h1-11H,20H2,(H2,21,23,24). The summed E-state index contributed by atoms with van der Waals surface area (Å²) in [5.41, 5.74) is 13.8. The summed E-state index contributed by atoms with van der Waals surface area (Å²) in [7, 11) is 0. The van der Waals surface area contributed by atoms with E-state index in [1.54, 1.807) is 18.5 Å². The van der Waals surface area contributed by atoms with Gasteiger partial charge in [-0.05, 0) is 30.3 Å². The lowest BCUT2D eigenvalue weighted by molar-refractivity contribution is 0.470. The maximum atomic E-state index is 6.10. The minimum atomic E-state index is 0.199. The molecule has 122 valence electrons. The van der Waals surface area contributed by atoms with E-state index in [1.165, 1.54) is 0 Å². The molecular formula is C19H15N5O. The van der Waals surface area contributed by atoms with Gasteiger partial charge in [0.1, 0.15) is 5.75 Å². The van der Waals surface area contributed by atoms with Crippen LogP contribution in [-0.4, -0.2) is 15.0 Å². The number of fused-ring (bicyclic) bond motifs is 1. The molecule has 0 unspecified atom stereocenters. The van der Waals surface area contributed by atoms with E-state index < -0.39 is 0 Å². The fourth-order valence-corrected chi connectivity index (χ4v) is 2.68. The Balaban J connectivity index is 1.82. The van der Waals surface area contributed by atoms with Crippen LogP contribution in [0.4, 0.5) is 11.6 Å². The summed E-state index contributed by atoms with van der Waals surface area (Å²) in [5, 5.41) is 1.85. The lowest BCUT2D eigenvalue weighted by Crippen LogP contribution is -1.98. The second-order valence-electron chi connectivity index (χ2n) is 5.46. The van der Waals surface area contributed by atoms with Gasteiger partial charge in [0, 0.05) is 28.9 Å². The van der Waals surface area contributed by atoms with Crippen molar-refractivity contribution in [1.82, 2.24) is 15.0 Å². The van der Waals surface area contributed by atoms with Crippen LogP contribution in [0.1, 0.15) is 0 Å². The van der Waals surface area contributed by atoms with E-state index in [4.69, 9.17) is 16.2 Å². The smallest absolute Gasteiger partial charge is 0.228 e. The number of hydrogen-bond acceptors (Lipinski definition) is 6. The molecule has 0 aliphatic heterocycles. The summed E-state index contributed by atoms with van der Waals surface area (Å²) in [4.78, 5) is 12.5. The van der Waals surface area contributed by atoms with Gasteiger partial charge in [-0.1, -0.05) is 24.3 Å². The Kier molecular flexibility index (Phi) is 3.63. The molecule has 0 aliphatic carbocycles. The molecule has 2 aromatic heterocycles. The first-order valence-corrected chi connectivity index (χ1v) is 7.71. The highest BCUT2D eigenvalue weighted by Gasteiger charge is 2.12. The van der Waals surface area contributed by atoms with Crippen molar-refractivity contribution in [3.8, 4) is 22.9 Å². The van der Waals surface area contributed by atoms with E-state index in [0.29, 0.717) is 23.0 Å². The van der Waals surface area contributed by atoms with Crippen molar-refractivity contribution < 1.29 is 4.74 Å². The number of hydrogen-bond donors (Lipinski definition) is 2. The summed E-state index contributed by atoms with van der Waals surface area (Å²) in [6.07, 6.45) is 3.27. The second kappa shape index (κ2) is 6.09. The average Bonchev–Trinajstić information content (AvgIpc) is 2.65. The van der Waals surface area contributed by atoms with Crippen LogP contribution >= 0.6 is 0 Å². The zero-order valence-corrected chi connectivity index (χ0v) is 13.3. The molecule has 25 heavy (non-hydrogen) atoms. The highest BCUT2D eigenvalue weighted by molar-refractivity contribution is 5.97. The molecule has 0 amide bonds. The third-order valence-electron chi connectivity index (χ3n) is 3.85. The van der Waals surface area contributed by atoms with Crippen molar-refractivity contribution in [2.45, 2.75) is 0 Å². The zero-order chi connectivity index (χ0) is 17.2. The third kappa shape index (κ3) is 2.81. The molecule has 4 aromatic rings. The number of rotatable bonds is 3. The Morgan fingerprint density at radius 3 is 2.44 bits per heavy atom. The normalized spacial score (nSPS) is 10.7. The predicted molar refractivity (Wildman–Crippen MR) is 98.1 cm³/mol. The van der Waals surface area contributed by atoms with E-state index in [0.717, 1.165) is 16.3 Å².